The van der Waals surface area contributed by atoms with Gasteiger partial charge in [0.05, 0.1) is 26.0 Å². The van der Waals surface area contributed by atoms with Crippen molar-refractivity contribution < 1.29 is 18.7 Å². The van der Waals surface area contributed by atoms with Crippen LogP contribution in [0.15, 0.2) is 65.2 Å². The maximum atomic E-state index is 6.23. The molecule has 0 N–H and O–H groups in total. The first-order valence-corrected chi connectivity index (χ1v) is 14.1. The SMILES string of the molecule is COc1ccc(C(C)C)cc1CN1CCOCCOc2ccc(-c3c(C)noc3C)cc2Cc2cccc(c2)C1. The summed E-state index contributed by atoms with van der Waals surface area (Å²) >= 11 is 0. The van der Waals surface area contributed by atoms with Gasteiger partial charge >= 0.3 is 0 Å². The molecular weight excluding hydrogens is 500 g/mol. The van der Waals surface area contributed by atoms with Crippen molar-refractivity contribution in [1.29, 1.82) is 0 Å². The van der Waals surface area contributed by atoms with E-state index in [1.807, 2.05) is 13.8 Å². The Labute approximate surface area is 237 Å². The third kappa shape index (κ3) is 6.57. The van der Waals surface area contributed by atoms with Gasteiger partial charge in [0, 0.05) is 37.2 Å². The van der Waals surface area contributed by atoms with E-state index < -0.39 is 0 Å². The number of hydrogen-bond acceptors (Lipinski definition) is 6. The lowest BCUT2D eigenvalue weighted by molar-refractivity contribution is 0.0755. The van der Waals surface area contributed by atoms with Gasteiger partial charge < -0.3 is 18.7 Å². The van der Waals surface area contributed by atoms with Crippen molar-refractivity contribution >= 4 is 0 Å². The van der Waals surface area contributed by atoms with Crippen LogP contribution in [0.2, 0.25) is 0 Å². The largest absolute Gasteiger partial charge is 0.496 e. The van der Waals surface area contributed by atoms with Crippen LogP contribution in [0.5, 0.6) is 11.5 Å². The lowest BCUT2D eigenvalue weighted by Gasteiger charge is -2.25. The normalized spacial score (nSPS) is 14.8. The predicted octanol–water partition coefficient (Wildman–Crippen LogP) is 7.09. The molecule has 1 aliphatic rings. The Morgan fingerprint density at radius 2 is 1.80 bits per heavy atom. The zero-order chi connectivity index (χ0) is 28.1. The first kappa shape index (κ1) is 27.9. The molecule has 0 aliphatic carbocycles. The van der Waals surface area contributed by atoms with Gasteiger partial charge in [0.2, 0.25) is 0 Å². The fraction of sp³-hybridized carbons (Fsp3) is 0.382. The van der Waals surface area contributed by atoms with Crippen LogP contribution < -0.4 is 9.47 Å². The van der Waals surface area contributed by atoms with E-state index in [1.165, 1.54) is 22.3 Å². The van der Waals surface area contributed by atoms with E-state index >= 15 is 0 Å². The second-order valence-electron chi connectivity index (χ2n) is 10.9. The van der Waals surface area contributed by atoms with Gasteiger partial charge in [0.25, 0.3) is 0 Å². The van der Waals surface area contributed by atoms with Crippen LogP contribution in [0.25, 0.3) is 11.1 Å². The van der Waals surface area contributed by atoms with Crippen molar-refractivity contribution in [3.8, 4) is 22.6 Å². The molecule has 2 bridgehead atoms. The third-order valence-corrected chi connectivity index (χ3v) is 7.58. The van der Waals surface area contributed by atoms with Crippen molar-refractivity contribution in [2.45, 2.75) is 53.1 Å². The molecule has 0 amide bonds. The van der Waals surface area contributed by atoms with Gasteiger partial charge in [-0.25, -0.2) is 0 Å². The maximum Gasteiger partial charge on any atom is 0.141 e. The Kier molecular flexibility index (Phi) is 8.88. The van der Waals surface area contributed by atoms with Gasteiger partial charge in [-0.3, -0.25) is 4.90 Å². The number of methoxy groups -OCH3 is 1. The Bertz CT molecular complexity index is 1420. The second kappa shape index (κ2) is 12.7. The standard InChI is InChI=1S/C34H40N2O4/c1-23(2)28-9-11-32(37-5)31(19-28)22-36-13-14-38-15-16-39-33-12-10-29(34-24(3)35-40-25(34)4)20-30(33)18-26-7-6-8-27(17-26)21-36/h6-12,17,19-20,23H,13-16,18,21-22H2,1-5H3. The van der Waals surface area contributed by atoms with Gasteiger partial charge in [0.15, 0.2) is 0 Å². The summed E-state index contributed by atoms with van der Waals surface area (Å²) in [5.74, 6) is 3.10. The van der Waals surface area contributed by atoms with Crippen LogP contribution in [0, 0.1) is 13.8 Å². The Morgan fingerprint density at radius 1 is 0.950 bits per heavy atom. The molecule has 0 unspecified atom stereocenters. The first-order chi connectivity index (χ1) is 19.4. The molecule has 210 valence electrons. The first-order valence-electron chi connectivity index (χ1n) is 14.1. The number of rotatable bonds is 5. The number of hydrogen-bond donors (Lipinski definition) is 0. The molecule has 3 aromatic carbocycles. The van der Waals surface area contributed by atoms with E-state index in [9.17, 15) is 0 Å². The summed E-state index contributed by atoms with van der Waals surface area (Å²) in [7, 11) is 1.75. The molecule has 0 spiro atoms. The molecule has 4 aromatic rings. The van der Waals surface area contributed by atoms with Crippen molar-refractivity contribution in [2.24, 2.45) is 0 Å². The number of ether oxygens (including phenoxy) is 3. The van der Waals surface area contributed by atoms with E-state index in [4.69, 9.17) is 18.7 Å². The number of aryl methyl sites for hydroxylation is 2. The van der Waals surface area contributed by atoms with Crippen LogP contribution in [0.1, 0.15) is 59.0 Å². The highest BCUT2D eigenvalue weighted by atomic mass is 16.5. The quantitative estimate of drug-likeness (QED) is 0.269. The lowest BCUT2D eigenvalue weighted by Crippen LogP contribution is -2.28. The van der Waals surface area contributed by atoms with Crippen molar-refractivity contribution in [3.05, 3.63) is 99.9 Å². The van der Waals surface area contributed by atoms with Gasteiger partial charge in [-0.1, -0.05) is 61.5 Å². The molecule has 40 heavy (non-hydrogen) atoms. The average molecular weight is 541 g/mol. The number of benzene rings is 3. The molecule has 6 heteroatoms. The van der Waals surface area contributed by atoms with Gasteiger partial charge in [-0.2, -0.15) is 0 Å². The maximum absolute atomic E-state index is 6.23. The van der Waals surface area contributed by atoms with Crippen LogP contribution in [-0.4, -0.2) is 43.5 Å². The van der Waals surface area contributed by atoms with Crippen LogP contribution in [0.3, 0.4) is 0 Å². The second-order valence-corrected chi connectivity index (χ2v) is 10.9. The summed E-state index contributed by atoms with van der Waals surface area (Å²) in [4.78, 5) is 2.44. The van der Waals surface area contributed by atoms with Crippen LogP contribution in [-0.2, 0) is 24.2 Å². The molecular formula is C34H40N2O4. The molecule has 0 atom stereocenters. The summed E-state index contributed by atoms with van der Waals surface area (Å²) in [5.41, 5.74) is 9.23. The third-order valence-electron chi connectivity index (χ3n) is 7.58. The summed E-state index contributed by atoms with van der Waals surface area (Å²) < 4.78 is 23.4. The van der Waals surface area contributed by atoms with Crippen molar-refractivity contribution in [3.63, 3.8) is 0 Å². The van der Waals surface area contributed by atoms with Gasteiger partial charge in [-0.05, 0) is 65.8 Å². The predicted molar refractivity (Wildman–Crippen MR) is 158 cm³/mol. The zero-order valence-electron chi connectivity index (χ0n) is 24.3. The molecule has 1 aromatic heterocycles. The van der Waals surface area contributed by atoms with Crippen molar-refractivity contribution in [1.82, 2.24) is 10.1 Å². The molecule has 5 rings (SSSR count). The summed E-state index contributed by atoms with van der Waals surface area (Å²) in [5, 5.41) is 4.15. The molecule has 2 heterocycles. The number of nitrogens with zero attached hydrogens (tertiary/aromatic N) is 2. The smallest absolute Gasteiger partial charge is 0.141 e. The molecule has 6 nitrogen and oxygen atoms in total. The molecule has 0 radical (unpaired) electrons. The molecule has 0 saturated heterocycles. The lowest BCUT2D eigenvalue weighted by atomic mass is 9.96. The molecule has 0 fully saturated rings. The Balaban J connectivity index is 1.44. The van der Waals surface area contributed by atoms with Gasteiger partial charge in [-0.15, -0.1) is 0 Å². The molecule has 0 saturated carbocycles. The van der Waals surface area contributed by atoms with Crippen LogP contribution in [0.4, 0.5) is 0 Å². The fourth-order valence-electron chi connectivity index (χ4n) is 5.47. The molecule has 1 aliphatic heterocycles. The minimum absolute atomic E-state index is 0.463. The Hall–Kier alpha value is -3.61. The monoisotopic (exact) mass is 540 g/mol. The summed E-state index contributed by atoms with van der Waals surface area (Å²) in [6.45, 7) is 12.5. The van der Waals surface area contributed by atoms with E-state index in [2.05, 4.69) is 84.6 Å². The Morgan fingerprint density at radius 3 is 2.58 bits per heavy atom. The topological polar surface area (TPSA) is 57.0 Å². The summed E-state index contributed by atoms with van der Waals surface area (Å²) in [6.07, 6.45) is 0.769. The fourth-order valence-corrected chi connectivity index (χ4v) is 5.47. The summed E-state index contributed by atoms with van der Waals surface area (Å²) in [6, 6.07) is 21.8. The van der Waals surface area contributed by atoms with E-state index in [0.29, 0.717) is 25.7 Å². The number of fused-ring (bicyclic) bond motifs is 3. The van der Waals surface area contributed by atoms with Crippen molar-refractivity contribution in [2.75, 3.05) is 33.5 Å². The van der Waals surface area contributed by atoms with Gasteiger partial charge in [0.1, 0.15) is 23.9 Å². The average Bonchev–Trinajstić information content (AvgIpc) is 3.28. The highest BCUT2D eigenvalue weighted by molar-refractivity contribution is 5.69. The van der Waals surface area contributed by atoms with E-state index in [0.717, 1.165) is 65.7 Å². The highest BCUT2D eigenvalue weighted by Crippen LogP contribution is 2.33. The number of aromatic nitrogens is 1. The minimum Gasteiger partial charge on any atom is -0.496 e. The zero-order valence-corrected chi connectivity index (χ0v) is 24.3. The van der Waals surface area contributed by atoms with E-state index in [1.54, 1.807) is 7.11 Å². The highest BCUT2D eigenvalue weighted by Gasteiger charge is 2.17. The van der Waals surface area contributed by atoms with E-state index in [-0.39, 0.29) is 0 Å². The minimum atomic E-state index is 0.463. The van der Waals surface area contributed by atoms with Crippen LogP contribution >= 0.6 is 0 Å².